The number of likely N-dealkylation sites (tertiary alicyclic amines) is 1. The molecule has 3 rings (SSSR count). The SMILES string of the molecule is Cc1ccccc1CCNC(=O)CN1CCCC1C1COCCC1O. The number of aliphatic hydroxyl groups excluding tert-OH is 1. The fourth-order valence-corrected chi connectivity index (χ4v) is 4.12. The summed E-state index contributed by atoms with van der Waals surface area (Å²) >= 11 is 0. The van der Waals surface area contributed by atoms with Gasteiger partial charge >= 0.3 is 0 Å². The average Bonchev–Trinajstić information content (AvgIpc) is 3.05. The van der Waals surface area contributed by atoms with Crippen molar-refractivity contribution in [2.75, 3.05) is 32.8 Å². The van der Waals surface area contributed by atoms with Crippen molar-refractivity contribution in [3.05, 3.63) is 35.4 Å². The monoisotopic (exact) mass is 346 g/mol. The Hall–Kier alpha value is -1.43. The minimum Gasteiger partial charge on any atom is -0.393 e. The van der Waals surface area contributed by atoms with Gasteiger partial charge in [0.1, 0.15) is 0 Å². The van der Waals surface area contributed by atoms with Gasteiger partial charge in [0.05, 0.1) is 19.3 Å². The smallest absolute Gasteiger partial charge is 0.234 e. The lowest BCUT2D eigenvalue weighted by atomic mass is 9.89. The second-order valence-electron chi connectivity index (χ2n) is 7.30. The van der Waals surface area contributed by atoms with Crippen LogP contribution in [0.3, 0.4) is 0 Å². The maximum atomic E-state index is 12.3. The summed E-state index contributed by atoms with van der Waals surface area (Å²) in [7, 11) is 0. The summed E-state index contributed by atoms with van der Waals surface area (Å²) in [6.07, 6.45) is 3.39. The number of hydrogen-bond acceptors (Lipinski definition) is 4. The zero-order chi connectivity index (χ0) is 17.6. The Bertz CT molecular complexity index is 578. The Morgan fingerprint density at radius 2 is 2.20 bits per heavy atom. The normalized spacial score (nSPS) is 27.4. The number of ether oxygens (including phenoxy) is 1. The van der Waals surface area contributed by atoms with Crippen LogP contribution in [0, 0.1) is 12.8 Å². The maximum absolute atomic E-state index is 12.3. The van der Waals surface area contributed by atoms with Crippen molar-refractivity contribution in [2.45, 2.75) is 44.8 Å². The molecule has 0 spiro atoms. The molecule has 25 heavy (non-hydrogen) atoms. The second-order valence-corrected chi connectivity index (χ2v) is 7.30. The largest absolute Gasteiger partial charge is 0.393 e. The highest BCUT2D eigenvalue weighted by Crippen LogP contribution is 2.29. The van der Waals surface area contributed by atoms with Crippen molar-refractivity contribution in [2.24, 2.45) is 5.92 Å². The van der Waals surface area contributed by atoms with E-state index in [1.807, 2.05) is 12.1 Å². The lowest BCUT2D eigenvalue weighted by molar-refractivity contribution is -0.123. The molecule has 2 aliphatic heterocycles. The van der Waals surface area contributed by atoms with Gasteiger partial charge in [-0.3, -0.25) is 9.69 Å². The van der Waals surface area contributed by atoms with Crippen LogP contribution in [0.25, 0.3) is 0 Å². The van der Waals surface area contributed by atoms with Crippen molar-refractivity contribution in [1.29, 1.82) is 0 Å². The van der Waals surface area contributed by atoms with Crippen LogP contribution in [0.1, 0.15) is 30.4 Å². The first-order valence-electron chi connectivity index (χ1n) is 9.46. The predicted molar refractivity (Wildman–Crippen MR) is 97.4 cm³/mol. The summed E-state index contributed by atoms with van der Waals surface area (Å²) in [6.45, 7) is 5.36. The average molecular weight is 346 g/mol. The van der Waals surface area contributed by atoms with Crippen LogP contribution in [0.2, 0.25) is 0 Å². The molecule has 3 atom stereocenters. The molecule has 5 nitrogen and oxygen atoms in total. The van der Waals surface area contributed by atoms with Crippen LogP contribution in [-0.2, 0) is 16.0 Å². The first-order chi connectivity index (χ1) is 12.1. The van der Waals surface area contributed by atoms with Gasteiger partial charge in [0, 0.05) is 25.1 Å². The molecule has 0 bridgehead atoms. The third-order valence-corrected chi connectivity index (χ3v) is 5.60. The van der Waals surface area contributed by atoms with E-state index in [2.05, 4.69) is 29.3 Å². The molecule has 0 saturated carbocycles. The van der Waals surface area contributed by atoms with E-state index in [1.54, 1.807) is 0 Å². The zero-order valence-corrected chi connectivity index (χ0v) is 15.1. The molecule has 138 valence electrons. The standard InChI is InChI=1S/C20H30N2O3/c1-15-5-2-3-6-16(15)8-10-21-20(24)13-22-11-4-7-18(22)17-14-25-12-9-19(17)23/h2-3,5-6,17-19,23H,4,7-14H2,1H3,(H,21,24). The van der Waals surface area contributed by atoms with Crippen LogP contribution >= 0.6 is 0 Å². The number of nitrogens with zero attached hydrogens (tertiary/aromatic N) is 1. The molecule has 1 aromatic carbocycles. The third-order valence-electron chi connectivity index (χ3n) is 5.60. The van der Waals surface area contributed by atoms with Gasteiger partial charge in [0.25, 0.3) is 0 Å². The van der Waals surface area contributed by atoms with Crippen LogP contribution in [-0.4, -0.2) is 60.9 Å². The minimum atomic E-state index is -0.302. The predicted octanol–water partition coefficient (Wildman–Crippen LogP) is 1.52. The van der Waals surface area contributed by atoms with Crippen molar-refractivity contribution < 1.29 is 14.6 Å². The Morgan fingerprint density at radius 3 is 3.00 bits per heavy atom. The number of carbonyl (C=O) groups excluding carboxylic acids is 1. The van der Waals surface area contributed by atoms with Crippen LogP contribution < -0.4 is 5.32 Å². The van der Waals surface area contributed by atoms with E-state index in [-0.39, 0.29) is 24.0 Å². The summed E-state index contributed by atoms with van der Waals surface area (Å²) in [4.78, 5) is 14.6. The summed E-state index contributed by atoms with van der Waals surface area (Å²) in [5.41, 5.74) is 2.55. The number of aliphatic hydroxyl groups is 1. The summed E-state index contributed by atoms with van der Waals surface area (Å²) in [5, 5.41) is 13.3. The summed E-state index contributed by atoms with van der Waals surface area (Å²) in [6, 6.07) is 8.55. The first-order valence-corrected chi connectivity index (χ1v) is 9.46. The topological polar surface area (TPSA) is 61.8 Å². The number of nitrogens with one attached hydrogen (secondary N) is 1. The van der Waals surface area contributed by atoms with Gasteiger partial charge in [-0.2, -0.15) is 0 Å². The van der Waals surface area contributed by atoms with Gasteiger partial charge in [0.2, 0.25) is 5.91 Å². The molecular formula is C20H30N2O3. The van der Waals surface area contributed by atoms with E-state index in [1.165, 1.54) is 11.1 Å². The highest BCUT2D eigenvalue weighted by atomic mass is 16.5. The van der Waals surface area contributed by atoms with Gasteiger partial charge in [-0.1, -0.05) is 24.3 Å². The molecule has 2 aliphatic rings. The van der Waals surface area contributed by atoms with Gasteiger partial charge in [-0.05, 0) is 50.3 Å². The van der Waals surface area contributed by atoms with Crippen molar-refractivity contribution in [3.8, 4) is 0 Å². The molecule has 0 radical (unpaired) electrons. The number of rotatable bonds is 6. The molecule has 1 amide bonds. The number of amides is 1. The lowest BCUT2D eigenvalue weighted by Crippen LogP contribution is -2.48. The van der Waals surface area contributed by atoms with Gasteiger partial charge in [-0.15, -0.1) is 0 Å². The molecule has 2 saturated heterocycles. The number of aryl methyl sites for hydroxylation is 1. The van der Waals surface area contributed by atoms with Gasteiger partial charge < -0.3 is 15.2 Å². The summed E-state index contributed by atoms with van der Waals surface area (Å²) < 4.78 is 5.56. The van der Waals surface area contributed by atoms with Crippen LogP contribution in [0.5, 0.6) is 0 Å². The van der Waals surface area contributed by atoms with E-state index in [4.69, 9.17) is 4.74 Å². The molecular weight excluding hydrogens is 316 g/mol. The highest BCUT2D eigenvalue weighted by molar-refractivity contribution is 5.78. The maximum Gasteiger partial charge on any atom is 0.234 e. The zero-order valence-electron chi connectivity index (χ0n) is 15.1. The fraction of sp³-hybridized carbons (Fsp3) is 0.650. The van der Waals surface area contributed by atoms with E-state index >= 15 is 0 Å². The van der Waals surface area contributed by atoms with E-state index < -0.39 is 0 Å². The molecule has 2 N–H and O–H groups in total. The first kappa shape index (κ1) is 18.4. The molecule has 0 aliphatic carbocycles. The van der Waals surface area contributed by atoms with E-state index in [9.17, 15) is 9.90 Å². The Balaban J connectivity index is 1.46. The van der Waals surface area contributed by atoms with Crippen molar-refractivity contribution >= 4 is 5.91 Å². The second kappa shape index (κ2) is 8.79. The highest BCUT2D eigenvalue weighted by Gasteiger charge is 2.37. The Kier molecular flexibility index (Phi) is 6.45. The molecule has 1 aromatic rings. The van der Waals surface area contributed by atoms with Gasteiger partial charge in [-0.25, -0.2) is 0 Å². The van der Waals surface area contributed by atoms with E-state index in [0.29, 0.717) is 32.7 Å². The quantitative estimate of drug-likeness (QED) is 0.820. The van der Waals surface area contributed by atoms with Crippen LogP contribution in [0.15, 0.2) is 24.3 Å². The summed E-state index contributed by atoms with van der Waals surface area (Å²) in [5.74, 6) is 0.211. The lowest BCUT2D eigenvalue weighted by Gasteiger charge is -2.36. The Labute approximate surface area is 150 Å². The number of benzene rings is 1. The number of hydrogen-bond donors (Lipinski definition) is 2. The van der Waals surface area contributed by atoms with E-state index in [0.717, 1.165) is 25.8 Å². The molecule has 2 fully saturated rings. The fourth-order valence-electron chi connectivity index (χ4n) is 4.12. The molecule has 2 heterocycles. The molecule has 0 aromatic heterocycles. The van der Waals surface area contributed by atoms with Crippen LogP contribution in [0.4, 0.5) is 0 Å². The van der Waals surface area contributed by atoms with Crippen molar-refractivity contribution in [3.63, 3.8) is 0 Å². The van der Waals surface area contributed by atoms with Crippen molar-refractivity contribution in [1.82, 2.24) is 10.2 Å². The number of carbonyl (C=O) groups is 1. The molecule has 5 heteroatoms. The molecule has 3 unspecified atom stereocenters. The van der Waals surface area contributed by atoms with Gasteiger partial charge in [0.15, 0.2) is 0 Å². The Morgan fingerprint density at radius 1 is 1.36 bits per heavy atom. The third kappa shape index (κ3) is 4.81. The minimum absolute atomic E-state index is 0.0756.